The Morgan fingerprint density at radius 2 is 1.62 bits per heavy atom. The molecule has 0 saturated carbocycles. The van der Waals surface area contributed by atoms with Crippen LogP contribution >= 0.6 is 0 Å². The van der Waals surface area contributed by atoms with Crippen molar-refractivity contribution >= 4 is 5.69 Å². The molecule has 0 spiro atoms. The van der Waals surface area contributed by atoms with Crippen LogP contribution in [0.3, 0.4) is 0 Å². The highest BCUT2D eigenvalue weighted by Crippen LogP contribution is 2.09. The topological polar surface area (TPSA) is 68.4 Å². The summed E-state index contributed by atoms with van der Waals surface area (Å²) in [5.41, 5.74) is 0.801. The van der Waals surface area contributed by atoms with Crippen molar-refractivity contribution in [3.8, 4) is 0 Å². The molecule has 1 rings (SSSR count). The van der Waals surface area contributed by atoms with Crippen molar-refractivity contribution in [1.82, 2.24) is 4.90 Å². The summed E-state index contributed by atoms with van der Waals surface area (Å²) in [6, 6.07) is 9.45. The van der Waals surface area contributed by atoms with Crippen LogP contribution in [0.2, 0.25) is 0 Å². The molecule has 0 aliphatic heterocycles. The molecule has 88 valence electrons. The molecule has 0 saturated heterocycles. The zero-order chi connectivity index (χ0) is 11.6. The van der Waals surface area contributed by atoms with Gasteiger partial charge >= 0.3 is 0 Å². The van der Waals surface area contributed by atoms with Gasteiger partial charge in [-0.25, -0.2) is 0 Å². The second kappa shape index (κ2) is 7.92. The van der Waals surface area contributed by atoms with Crippen molar-refractivity contribution in [2.75, 3.05) is 33.0 Å². The lowest BCUT2D eigenvalue weighted by Gasteiger charge is -2.16. The van der Waals surface area contributed by atoms with Crippen molar-refractivity contribution in [2.45, 2.75) is 0 Å². The first kappa shape index (κ1) is 12.8. The molecule has 1 aromatic rings. The summed E-state index contributed by atoms with van der Waals surface area (Å²) in [6.45, 7) is 1.49. The Balaban J connectivity index is 2.39. The molecule has 0 atom stereocenters. The molecule has 0 fully saturated rings. The monoisotopic (exact) mass is 223 g/mol. The summed E-state index contributed by atoms with van der Waals surface area (Å²) in [5.74, 6) is 0. The van der Waals surface area contributed by atoms with E-state index in [4.69, 9.17) is 10.2 Å². The van der Waals surface area contributed by atoms with E-state index in [-0.39, 0.29) is 13.2 Å². The van der Waals surface area contributed by atoms with E-state index in [1.807, 2.05) is 35.2 Å². The molecule has 0 amide bonds. The van der Waals surface area contributed by atoms with E-state index in [0.29, 0.717) is 19.8 Å². The molecule has 0 radical (unpaired) electrons. The van der Waals surface area contributed by atoms with Crippen molar-refractivity contribution in [2.24, 2.45) is 10.2 Å². The van der Waals surface area contributed by atoms with Crippen LogP contribution in [0.15, 0.2) is 40.6 Å². The lowest BCUT2D eigenvalue weighted by atomic mass is 10.3. The lowest BCUT2D eigenvalue weighted by Crippen LogP contribution is -2.29. The molecule has 0 heterocycles. The fraction of sp³-hybridized carbons (Fsp3) is 0.455. The van der Waals surface area contributed by atoms with Crippen molar-refractivity contribution in [1.29, 1.82) is 0 Å². The van der Waals surface area contributed by atoms with Gasteiger partial charge in [-0.15, -0.1) is 0 Å². The molecule has 0 unspecified atom stereocenters. The predicted octanol–water partition coefficient (Wildman–Crippen LogP) is 1.01. The molecule has 0 aliphatic rings. The smallest absolute Gasteiger partial charge is 0.113 e. The fourth-order valence-electron chi connectivity index (χ4n) is 1.23. The highest BCUT2D eigenvalue weighted by Gasteiger charge is 2.01. The second-order valence-corrected chi connectivity index (χ2v) is 3.28. The average Bonchev–Trinajstić information content (AvgIpc) is 2.31. The van der Waals surface area contributed by atoms with E-state index in [1.165, 1.54) is 0 Å². The summed E-state index contributed by atoms with van der Waals surface area (Å²) in [4.78, 5) is 1.83. The summed E-state index contributed by atoms with van der Waals surface area (Å²) < 4.78 is 0. The quantitative estimate of drug-likeness (QED) is 0.678. The summed E-state index contributed by atoms with van der Waals surface area (Å²) in [7, 11) is 0. The summed E-state index contributed by atoms with van der Waals surface area (Å²) in [5, 5.41) is 25.6. The minimum atomic E-state index is 0.0564. The van der Waals surface area contributed by atoms with Gasteiger partial charge in [-0.05, 0) is 12.1 Å². The van der Waals surface area contributed by atoms with Gasteiger partial charge in [0.1, 0.15) is 6.67 Å². The van der Waals surface area contributed by atoms with Gasteiger partial charge in [-0.2, -0.15) is 10.2 Å². The van der Waals surface area contributed by atoms with Crippen LogP contribution in [0.25, 0.3) is 0 Å². The van der Waals surface area contributed by atoms with E-state index in [2.05, 4.69) is 10.2 Å². The van der Waals surface area contributed by atoms with E-state index in [9.17, 15) is 0 Å². The number of nitrogens with zero attached hydrogens (tertiary/aromatic N) is 3. The van der Waals surface area contributed by atoms with Gasteiger partial charge in [0, 0.05) is 13.1 Å². The maximum absolute atomic E-state index is 8.78. The van der Waals surface area contributed by atoms with Crippen LogP contribution in [0.1, 0.15) is 0 Å². The molecule has 16 heavy (non-hydrogen) atoms. The van der Waals surface area contributed by atoms with Gasteiger partial charge in [-0.1, -0.05) is 18.2 Å². The van der Waals surface area contributed by atoms with Crippen molar-refractivity contribution < 1.29 is 10.2 Å². The van der Waals surface area contributed by atoms with Gasteiger partial charge in [0.2, 0.25) is 0 Å². The zero-order valence-corrected chi connectivity index (χ0v) is 9.16. The van der Waals surface area contributed by atoms with Gasteiger partial charge in [0.15, 0.2) is 0 Å². The largest absolute Gasteiger partial charge is 0.395 e. The Bertz CT molecular complexity index is 297. The maximum Gasteiger partial charge on any atom is 0.113 e. The maximum atomic E-state index is 8.78. The second-order valence-electron chi connectivity index (χ2n) is 3.28. The highest BCUT2D eigenvalue weighted by atomic mass is 16.3. The van der Waals surface area contributed by atoms with Crippen LogP contribution in [-0.2, 0) is 0 Å². The molecule has 1 aromatic carbocycles. The molecule has 2 N–H and O–H groups in total. The molecular formula is C11H17N3O2. The molecule has 0 bridgehead atoms. The minimum absolute atomic E-state index is 0.0564. The van der Waals surface area contributed by atoms with Crippen molar-refractivity contribution in [3.05, 3.63) is 30.3 Å². The fourth-order valence-corrected chi connectivity index (χ4v) is 1.23. The van der Waals surface area contributed by atoms with Crippen LogP contribution in [-0.4, -0.2) is 48.1 Å². The van der Waals surface area contributed by atoms with Crippen LogP contribution in [0.4, 0.5) is 5.69 Å². The number of aliphatic hydroxyl groups excluding tert-OH is 2. The third-order valence-corrected chi connectivity index (χ3v) is 2.04. The molecular weight excluding hydrogens is 206 g/mol. The third kappa shape index (κ3) is 4.97. The van der Waals surface area contributed by atoms with Crippen molar-refractivity contribution in [3.63, 3.8) is 0 Å². The Morgan fingerprint density at radius 1 is 1.00 bits per heavy atom. The summed E-state index contributed by atoms with van der Waals surface area (Å²) in [6.07, 6.45) is 0. The van der Waals surface area contributed by atoms with Gasteiger partial charge in [-0.3, -0.25) is 4.90 Å². The minimum Gasteiger partial charge on any atom is -0.395 e. The van der Waals surface area contributed by atoms with E-state index in [0.717, 1.165) is 5.69 Å². The molecule has 5 heteroatoms. The first-order valence-electron chi connectivity index (χ1n) is 5.23. The van der Waals surface area contributed by atoms with Crippen LogP contribution in [0, 0.1) is 0 Å². The number of rotatable bonds is 7. The standard InChI is InChI=1S/C11H17N3O2/c15-8-6-14(7-9-16)10-12-13-11-4-2-1-3-5-11/h1-5,15-16H,6-10H2. The van der Waals surface area contributed by atoms with E-state index < -0.39 is 0 Å². The number of aliphatic hydroxyl groups is 2. The average molecular weight is 223 g/mol. The molecule has 0 aromatic heterocycles. The third-order valence-electron chi connectivity index (χ3n) is 2.04. The lowest BCUT2D eigenvalue weighted by molar-refractivity contribution is 0.163. The summed E-state index contributed by atoms with van der Waals surface area (Å²) >= 11 is 0. The number of hydrogen-bond acceptors (Lipinski definition) is 5. The Hall–Kier alpha value is -1.30. The van der Waals surface area contributed by atoms with Gasteiger partial charge < -0.3 is 10.2 Å². The number of benzene rings is 1. The normalized spacial score (nSPS) is 11.4. The van der Waals surface area contributed by atoms with E-state index >= 15 is 0 Å². The number of hydrogen-bond donors (Lipinski definition) is 2. The highest BCUT2D eigenvalue weighted by molar-refractivity contribution is 5.34. The molecule has 5 nitrogen and oxygen atoms in total. The van der Waals surface area contributed by atoms with Crippen LogP contribution in [0.5, 0.6) is 0 Å². The van der Waals surface area contributed by atoms with Crippen LogP contribution < -0.4 is 0 Å². The Labute approximate surface area is 95.1 Å². The van der Waals surface area contributed by atoms with Gasteiger partial charge in [0.25, 0.3) is 0 Å². The SMILES string of the molecule is OCCN(CCO)CN=Nc1ccccc1. The molecule has 0 aliphatic carbocycles. The first-order valence-corrected chi connectivity index (χ1v) is 5.23. The Morgan fingerprint density at radius 3 is 2.19 bits per heavy atom. The van der Waals surface area contributed by atoms with Gasteiger partial charge in [0.05, 0.1) is 18.9 Å². The van der Waals surface area contributed by atoms with E-state index in [1.54, 1.807) is 0 Å². The predicted molar refractivity (Wildman–Crippen MR) is 61.6 cm³/mol. The Kier molecular flexibility index (Phi) is 6.32. The zero-order valence-electron chi connectivity index (χ0n) is 9.16. The first-order chi connectivity index (χ1) is 7.86. The number of azo groups is 1.